The summed E-state index contributed by atoms with van der Waals surface area (Å²) in [5.41, 5.74) is 0.0895. The van der Waals surface area contributed by atoms with Gasteiger partial charge in [-0.1, -0.05) is 6.07 Å². The van der Waals surface area contributed by atoms with E-state index in [-0.39, 0.29) is 11.6 Å². The Morgan fingerprint density at radius 3 is 2.89 bits per heavy atom. The smallest absolute Gasteiger partial charge is 0.272 e. The molecule has 0 spiro atoms. The quantitative estimate of drug-likeness (QED) is 0.767. The van der Waals surface area contributed by atoms with Crippen molar-refractivity contribution >= 4 is 5.91 Å². The van der Waals surface area contributed by atoms with Gasteiger partial charge in [-0.05, 0) is 12.1 Å². The average Bonchev–Trinajstić information content (AvgIpc) is 2.74. The maximum absolute atomic E-state index is 12.9. The van der Waals surface area contributed by atoms with E-state index in [9.17, 15) is 9.18 Å². The number of carbonyl (C=O) groups excluding carboxylic acids is 1. The molecular weight excluding hydrogens is 235 g/mol. The van der Waals surface area contributed by atoms with Gasteiger partial charge in [-0.3, -0.25) is 4.79 Å². The number of rotatable bonds is 3. The lowest BCUT2D eigenvalue weighted by molar-refractivity contribution is 0.0773. The zero-order valence-electron chi connectivity index (χ0n) is 10.2. The van der Waals surface area contributed by atoms with Gasteiger partial charge in [-0.15, -0.1) is 0 Å². The molecule has 0 unspecified atom stereocenters. The lowest BCUT2D eigenvalue weighted by atomic mass is 10.3. The number of aromatic nitrogens is 3. The van der Waals surface area contributed by atoms with Crippen LogP contribution < -0.4 is 0 Å². The van der Waals surface area contributed by atoms with Crippen LogP contribution in [0.1, 0.15) is 16.3 Å². The summed E-state index contributed by atoms with van der Waals surface area (Å²) in [4.78, 5) is 21.1. The molecule has 2 rings (SSSR count). The molecule has 0 aromatic carbocycles. The molecule has 0 N–H and O–H groups in total. The summed E-state index contributed by atoms with van der Waals surface area (Å²) in [5.74, 6) is -0.244. The molecule has 0 atom stereocenters. The van der Waals surface area contributed by atoms with E-state index in [1.165, 1.54) is 23.1 Å². The van der Waals surface area contributed by atoms with E-state index in [0.717, 1.165) is 5.82 Å². The van der Waals surface area contributed by atoms with Crippen LogP contribution >= 0.6 is 0 Å². The minimum atomic E-state index is -0.661. The van der Waals surface area contributed by atoms with Crippen LogP contribution in [0.15, 0.2) is 30.6 Å². The number of pyridine rings is 1. The average molecular weight is 248 g/mol. The molecule has 2 aromatic rings. The van der Waals surface area contributed by atoms with Crippen molar-refractivity contribution in [2.75, 3.05) is 7.05 Å². The number of amides is 1. The molecule has 2 heterocycles. The molecule has 18 heavy (non-hydrogen) atoms. The van der Waals surface area contributed by atoms with E-state index in [2.05, 4.69) is 9.97 Å². The fraction of sp³-hybridized carbons (Fsp3) is 0.250. The van der Waals surface area contributed by atoms with Crippen LogP contribution in [-0.2, 0) is 13.6 Å². The van der Waals surface area contributed by atoms with Crippen LogP contribution in [0.3, 0.4) is 0 Å². The Kier molecular flexibility index (Phi) is 3.36. The third kappa shape index (κ3) is 2.53. The second-order valence-corrected chi connectivity index (χ2v) is 3.96. The Hall–Kier alpha value is -2.24. The van der Waals surface area contributed by atoms with Crippen LogP contribution in [0, 0.1) is 5.95 Å². The van der Waals surface area contributed by atoms with E-state index in [4.69, 9.17) is 0 Å². The standard InChI is InChI=1S/C12H13FN4O/c1-16-7-6-14-11(16)8-17(2)12(18)9-4-3-5-10(13)15-9/h3-7H,8H2,1-2H3. The Labute approximate surface area is 104 Å². The van der Waals surface area contributed by atoms with Gasteiger partial charge >= 0.3 is 0 Å². The second-order valence-electron chi connectivity index (χ2n) is 3.96. The number of carbonyl (C=O) groups is 1. The third-order valence-corrected chi connectivity index (χ3v) is 2.58. The Morgan fingerprint density at radius 2 is 2.28 bits per heavy atom. The first-order chi connectivity index (χ1) is 8.58. The fourth-order valence-corrected chi connectivity index (χ4v) is 1.56. The van der Waals surface area contributed by atoms with Gasteiger partial charge in [0.1, 0.15) is 11.5 Å². The Bertz CT molecular complexity index is 567. The molecule has 2 aromatic heterocycles. The van der Waals surface area contributed by atoms with Crippen LogP contribution in [0.5, 0.6) is 0 Å². The number of hydrogen-bond acceptors (Lipinski definition) is 3. The van der Waals surface area contributed by atoms with Gasteiger partial charge in [0, 0.05) is 26.5 Å². The molecule has 0 aliphatic rings. The van der Waals surface area contributed by atoms with E-state index < -0.39 is 5.95 Å². The van der Waals surface area contributed by atoms with Gasteiger partial charge in [0.15, 0.2) is 0 Å². The molecule has 0 radical (unpaired) electrons. The van der Waals surface area contributed by atoms with Gasteiger partial charge < -0.3 is 9.47 Å². The molecule has 1 amide bonds. The maximum atomic E-state index is 12.9. The highest BCUT2D eigenvalue weighted by atomic mass is 19.1. The van der Waals surface area contributed by atoms with Crippen molar-refractivity contribution in [1.82, 2.24) is 19.4 Å². The van der Waals surface area contributed by atoms with Crippen LogP contribution in [0.4, 0.5) is 4.39 Å². The Balaban J connectivity index is 2.12. The normalized spacial score (nSPS) is 10.4. The molecule has 0 saturated carbocycles. The highest BCUT2D eigenvalue weighted by molar-refractivity contribution is 5.91. The summed E-state index contributed by atoms with van der Waals surface area (Å²) in [6.45, 7) is 0.348. The SMILES string of the molecule is CN(Cc1nccn1C)C(=O)c1cccc(F)n1. The van der Waals surface area contributed by atoms with Gasteiger partial charge in [0.25, 0.3) is 5.91 Å². The van der Waals surface area contributed by atoms with E-state index in [0.29, 0.717) is 6.54 Å². The van der Waals surface area contributed by atoms with E-state index >= 15 is 0 Å². The summed E-state index contributed by atoms with van der Waals surface area (Å²) in [6, 6.07) is 4.15. The number of aryl methyl sites for hydroxylation is 1. The van der Waals surface area contributed by atoms with Crippen LogP contribution in [0.2, 0.25) is 0 Å². The topological polar surface area (TPSA) is 51.0 Å². The molecular formula is C12H13FN4O. The van der Waals surface area contributed by atoms with Crippen molar-refractivity contribution in [3.8, 4) is 0 Å². The predicted molar refractivity (Wildman–Crippen MR) is 63.2 cm³/mol. The summed E-state index contributed by atoms with van der Waals surface area (Å²) in [7, 11) is 3.48. The van der Waals surface area contributed by atoms with Crippen LogP contribution in [-0.4, -0.2) is 32.4 Å². The summed E-state index contributed by atoms with van der Waals surface area (Å²) in [5, 5.41) is 0. The van der Waals surface area contributed by atoms with Gasteiger partial charge in [-0.2, -0.15) is 4.39 Å². The summed E-state index contributed by atoms with van der Waals surface area (Å²) >= 11 is 0. The number of halogens is 1. The summed E-state index contributed by atoms with van der Waals surface area (Å²) in [6.07, 6.45) is 3.46. The highest BCUT2D eigenvalue weighted by Crippen LogP contribution is 2.05. The maximum Gasteiger partial charge on any atom is 0.272 e. The lowest BCUT2D eigenvalue weighted by Gasteiger charge is -2.16. The van der Waals surface area contributed by atoms with E-state index in [1.807, 2.05) is 11.6 Å². The summed E-state index contributed by atoms with van der Waals surface area (Å²) < 4.78 is 14.8. The highest BCUT2D eigenvalue weighted by Gasteiger charge is 2.15. The molecule has 0 saturated heterocycles. The predicted octanol–water partition coefficient (Wildman–Crippen LogP) is 1.23. The first-order valence-electron chi connectivity index (χ1n) is 5.42. The second kappa shape index (κ2) is 4.95. The van der Waals surface area contributed by atoms with E-state index in [1.54, 1.807) is 19.4 Å². The van der Waals surface area contributed by atoms with Crippen molar-refractivity contribution in [2.45, 2.75) is 6.54 Å². The zero-order valence-corrected chi connectivity index (χ0v) is 10.2. The lowest BCUT2D eigenvalue weighted by Crippen LogP contribution is -2.28. The molecule has 0 aliphatic heterocycles. The van der Waals surface area contributed by atoms with Crippen LogP contribution in [0.25, 0.3) is 0 Å². The molecule has 94 valence electrons. The molecule has 0 fully saturated rings. The van der Waals surface area contributed by atoms with Gasteiger partial charge in [0.2, 0.25) is 5.95 Å². The molecule has 0 bridgehead atoms. The first kappa shape index (κ1) is 12.2. The molecule has 6 heteroatoms. The van der Waals surface area contributed by atoms with Crippen molar-refractivity contribution in [2.24, 2.45) is 7.05 Å². The first-order valence-corrected chi connectivity index (χ1v) is 5.42. The monoisotopic (exact) mass is 248 g/mol. The van der Waals surface area contributed by atoms with Gasteiger partial charge in [-0.25, -0.2) is 9.97 Å². The van der Waals surface area contributed by atoms with Crippen molar-refractivity contribution < 1.29 is 9.18 Å². The minimum Gasteiger partial charge on any atom is -0.337 e. The van der Waals surface area contributed by atoms with Crippen molar-refractivity contribution in [1.29, 1.82) is 0 Å². The van der Waals surface area contributed by atoms with Crippen molar-refractivity contribution in [3.63, 3.8) is 0 Å². The zero-order chi connectivity index (χ0) is 13.1. The fourth-order valence-electron chi connectivity index (χ4n) is 1.56. The largest absolute Gasteiger partial charge is 0.337 e. The number of nitrogens with zero attached hydrogens (tertiary/aromatic N) is 4. The van der Waals surface area contributed by atoms with Gasteiger partial charge in [0.05, 0.1) is 6.54 Å². The molecule has 0 aliphatic carbocycles. The Morgan fingerprint density at radius 1 is 1.50 bits per heavy atom. The molecule has 5 nitrogen and oxygen atoms in total. The number of imidazole rings is 1. The van der Waals surface area contributed by atoms with Crippen molar-refractivity contribution in [3.05, 3.63) is 48.1 Å². The minimum absolute atomic E-state index is 0.0895. The number of hydrogen-bond donors (Lipinski definition) is 0. The third-order valence-electron chi connectivity index (χ3n) is 2.58.